The molecule has 1 fully saturated rings. The van der Waals surface area contributed by atoms with Crippen molar-refractivity contribution in [2.24, 2.45) is 17.3 Å². The maximum atomic E-state index is 13.2. The molecule has 27 heavy (non-hydrogen) atoms. The first-order chi connectivity index (χ1) is 11.9. The number of hydrogen-bond acceptors (Lipinski definition) is 4. The number of nitrogens with one attached hydrogen (secondary N) is 1. The summed E-state index contributed by atoms with van der Waals surface area (Å²) in [5.74, 6) is -2.44. The van der Waals surface area contributed by atoms with Gasteiger partial charge in [-0.15, -0.1) is 12.4 Å². The average molecular weight is 406 g/mol. The molecule has 3 atom stereocenters. The summed E-state index contributed by atoms with van der Waals surface area (Å²) in [5.41, 5.74) is -0.681. The second-order valence-electron chi connectivity index (χ2n) is 8.62. The van der Waals surface area contributed by atoms with E-state index in [0.717, 1.165) is 25.7 Å². The van der Waals surface area contributed by atoms with Gasteiger partial charge in [-0.25, -0.2) is 0 Å². The summed E-state index contributed by atoms with van der Waals surface area (Å²) in [6, 6.07) is -1.44. The fraction of sp³-hybridized carbons (Fsp3) is 0.842. The normalized spacial score (nSPS) is 18.2. The van der Waals surface area contributed by atoms with E-state index >= 15 is 0 Å². The van der Waals surface area contributed by atoms with Gasteiger partial charge in [-0.3, -0.25) is 14.4 Å². The molecule has 1 saturated carbocycles. The number of aliphatic carboxylic acids is 1. The number of carboxylic acids is 1. The van der Waals surface area contributed by atoms with E-state index in [4.69, 9.17) is 0 Å². The molecule has 0 bridgehead atoms. The third kappa shape index (κ3) is 6.07. The van der Waals surface area contributed by atoms with Crippen LogP contribution in [-0.2, 0) is 14.4 Å². The topological polar surface area (TPSA) is 90.0 Å². The number of halogens is 1. The molecular weight excluding hydrogens is 370 g/mol. The van der Waals surface area contributed by atoms with Crippen LogP contribution in [0, 0.1) is 17.3 Å². The summed E-state index contributed by atoms with van der Waals surface area (Å²) in [5, 5.41) is 12.9. The molecule has 1 aliphatic carbocycles. The number of carbonyl (C=O) groups is 3. The molecule has 0 radical (unpaired) electrons. The van der Waals surface area contributed by atoms with E-state index in [-0.39, 0.29) is 30.1 Å². The van der Waals surface area contributed by atoms with Crippen LogP contribution in [0.2, 0.25) is 0 Å². The Labute approximate surface area is 169 Å². The van der Waals surface area contributed by atoms with Gasteiger partial charge in [0.05, 0.1) is 12.0 Å². The highest BCUT2D eigenvalue weighted by Crippen LogP contribution is 2.34. The summed E-state index contributed by atoms with van der Waals surface area (Å²) >= 11 is 0. The van der Waals surface area contributed by atoms with Gasteiger partial charge in [0.25, 0.3) is 0 Å². The predicted molar refractivity (Wildman–Crippen MR) is 108 cm³/mol. The van der Waals surface area contributed by atoms with Gasteiger partial charge in [-0.05, 0) is 31.2 Å². The van der Waals surface area contributed by atoms with Crippen molar-refractivity contribution in [3.05, 3.63) is 0 Å². The number of nitrogens with zero attached hydrogens (tertiary/aromatic N) is 2. The maximum absolute atomic E-state index is 13.2. The fourth-order valence-corrected chi connectivity index (χ4v) is 3.98. The Kier molecular flexibility index (Phi) is 9.76. The van der Waals surface area contributed by atoms with Crippen LogP contribution in [0.5, 0.6) is 0 Å². The Bertz CT molecular complexity index is 528. The SMILES string of the molecule is CN[C@H](C(=O)N(C)[C@H](C(=O)N(C)C)C(C(=O)O)C(C)(C)C)C1CCCC1.Cl. The zero-order valence-electron chi connectivity index (χ0n) is 17.6. The van der Waals surface area contributed by atoms with Crippen LogP contribution in [0.4, 0.5) is 0 Å². The van der Waals surface area contributed by atoms with Gasteiger partial charge in [-0.1, -0.05) is 33.6 Å². The van der Waals surface area contributed by atoms with E-state index in [2.05, 4.69) is 5.32 Å². The van der Waals surface area contributed by atoms with Gasteiger partial charge < -0.3 is 20.2 Å². The van der Waals surface area contributed by atoms with Gasteiger partial charge in [0.1, 0.15) is 6.04 Å². The molecule has 158 valence electrons. The van der Waals surface area contributed by atoms with Crippen LogP contribution in [-0.4, -0.2) is 73.0 Å². The second-order valence-corrected chi connectivity index (χ2v) is 8.62. The number of likely N-dealkylation sites (N-methyl/N-ethyl adjacent to an activating group) is 3. The molecule has 1 unspecified atom stereocenters. The molecular formula is C19H36ClN3O4. The molecule has 7 nitrogen and oxygen atoms in total. The Morgan fingerprint density at radius 3 is 1.85 bits per heavy atom. The highest BCUT2D eigenvalue weighted by Gasteiger charge is 2.47. The molecule has 2 N–H and O–H groups in total. The standard InChI is InChI=1S/C19H35N3O4.ClH/c1-19(2,3)13(18(25)26)15(17(24)21(5)6)22(7)16(23)14(20-4)12-10-8-9-11-12;/h12-15,20H,8-11H2,1-7H3,(H,25,26);1H/t13?,14-,15-;/m0./s1. The lowest BCUT2D eigenvalue weighted by Crippen LogP contribution is -2.60. The van der Waals surface area contributed by atoms with E-state index in [1.54, 1.807) is 49.0 Å². The van der Waals surface area contributed by atoms with E-state index < -0.39 is 29.4 Å². The highest BCUT2D eigenvalue weighted by molar-refractivity contribution is 5.93. The number of carbonyl (C=O) groups excluding carboxylic acids is 2. The molecule has 0 spiro atoms. The number of amides is 2. The Morgan fingerprint density at radius 2 is 1.52 bits per heavy atom. The summed E-state index contributed by atoms with van der Waals surface area (Å²) in [7, 11) is 6.47. The van der Waals surface area contributed by atoms with Crippen molar-refractivity contribution in [3.8, 4) is 0 Å². The number of hydrogen-bond donors (Lipinski definition) is 2. The molecule has 0 heterocycles. The molecule has 1 aliphatic rings. The molecule has 0 aliphatic heterocycles. The van der Waals surface area contributed by atoms with Gasteiger partial charge >= 0.3 is 5.97 Å². The highest BCUT2D eigenvalue weighted by atomic mass is 35.5. The van der Waals surface area contributed by atoms with Crippen molar-refractivity contribution in [3.63, 3.8) is 0 Å². The van der Waals surface area contributed by atoms with Crippen LogP contribution in [0.3, 0.4) is 0 Å². The van der Waals surface area contributed by atoms with Crippen LogP contribution in [0.1, 0.15) is 46.5 Å². The Balaban J connectivity index is 0.00000676. The quantitative estimate of drug-likeness (QED) is 0.674. The summed E-state index contributed by atoms with van der Waals surface area (Å²) in [6.07, 6.45) is 4.14. The summed E-state index contributed by atoms with van der Waals surface area (Å²) in [6.45, 7) is 5.35. The van der Waals surface area contributed by atoms with Gasteiger partial charge in [0.15, 0.2) is 0 Å². The van der Waals surface area contributed by atoms with Crippen molar-refractivity contribution in [2.45, 2.75) is 58.5 Å². The third-order valence-electron chi connectivity index (χ3n) is 5.42. The Morgan fingerprint density at radius 1 is 1.04 bits per heavy atom. The van der Waals surface area contributed by atoms with E-state index in [1.807, 2.05) is 0 Å². The van der Waals surface area contributed by atoms with Crippen LogP contribution in [0.25, 0.3) is 0 Å². The monoisotopic (exact) mass is 405 g/mol. The molecule has 2 amide bonds. The predicted octanol–water partition coefficient (Wildman–Crippen LogP) is 1.85. The van der Waals surface area contributed by atoms with Gasteiger partial charge in [0, 0.05) is 21.1 Å². The molecule has 8 heteroatoms. The van der Waals surface area contributed by atoms with E-state index in [0.29, 0.717) is 0 Å². The lowest BCUT2D eigenvalue weighted by molar-refractivity contribution is -0.159. The summed E-state index contributed by atoms with van der Waals surface area (Å²) < 4.78 is 0. The smallest absolute Gasteiger partial charge is 0.309 e. The maximum Gasteiger partial charge on any atom is 0.309 e. The van der Waals surface area contributed by atoms with Gasteiger partial charge in [-0.2, -0.15) is 0 Å². The fourth-order valence-electron chi connectivity index (χ4n) is 3.98. The van der Waals surface area contributed by atoms with Crippen molar-refractivity contribution >= 4 is 30.2 Å². The Hall–Kier alpha value is -1.34. The first-order valence-electron chi connectivity index (χ1n) is 9.31. The zero-order chi connectivity index (χ0) is 20.2. The largest absolute Gasteiger partial charge is 0.481 e. The lowest BCUT2D eigenvalue weighted by atomic mass is 9.75. The minimum absolute atomic E-state index is 0. The third-order valence-corrected chi connectivity index (χ3v) is 5.42. The van der Waals surface area contributed by atoms with Crippen LogP contribution >= 0.6 is 12.4 Å². The minimum atomic E-state index is -1.07. The molecule has 0 saturated heterocycles. The average Bonchev–Trinajstić information content (AvgIpc) is 3.04. The zero-order valence-corrected chi connectivity index (χ0v) is 18.4. The van der Waals surface area contributed by atoms with E-state index in [9.17, 15) is 19.5 Å². The van der Waals surface area contributed by atoms with E-state index in [1.165, 1.54) is 9.80 Å². The first-order valence-corrected chi connectivity index (χ1v) is 9.31. The van der Waals surface area contributed by atoms with Crippen molar-refractivity contribution < 1.29 is 19.5 Å². The second kappa shape index (κ2) is 10.3. The number of carboxylic acid groups (broad SMARTS) is 1. The molecule has 0 aromatic heterocycles. The van der Waals surface area contributed by atoms with Crippen molar-refractivity contribution in [2.75, 3.05) is 28.2 Å². The minimum Gasteiger partial charge on any atom is -0.481 e. The molecule has 0 aromatic carbocycles. The molecule has 1 rings (SSSR count). The molecule has 0 aromatic rings. The number of rotatable bonds is 7. The van der Waals surface area contributed by atoms with Crippen molar-refractivity contribution in [1.29, 1.82) is 0 Å². The van der Waals surface area contributed by atoms with Crippen molar-refractivity contribution in [1.82, 2.24) is 15.1 Å². The van der Waals surface area contributed by atoms with Crippen LogP contribution < -0.4 is 5.32 Å². The first kappa shape index (κ1) is 25.7. The van der Waals surface area contributed by atoms with Crippen LogP contribution in [0.15, 0.2) is 0 Å². The van der Waals surface area contributed by atoms with Gasteiger partial charge in [0.2, 0.25) is 11.8 Å². The summed E-state index contributed by atoms with van der Waals surface area (Å²) in [4.78, 5) is 40.8. The lowest BCUT2D eigenvalue weighted by Gasteiger charge is -2.40.